The SMILES string of the molecule is O=C(CNc1nc2ccccc2nc1NS(=O)(=O)c1ccc2c(c1)OCCO2)NCc1ccco1. The molecule has 2 aromatic heterocycles. The Morgan fingerprint density at radius 2 is 1.66 bits per heavy atom. The Morgan fingerprint density at radius 1 is 0.914 bits per heavy atom. The maximum absolute atomic E-state index is 13.2. The third-order valence-electron chi connectivity index (χ3n) is 5.08. The molecule has 3 N–H and O–H groups in total. The second-order valence-corrected chi connectivity index (χ2v) is 9.21. The number of sulfonamides is 1. The van der Waals surface area contributed by atoms with Gasteiger partial charge in [-0.15, -0.1) is 0 Å². The Kier molecular flexibility index (Phi) is 6.10. The van der Waals surface area contributed by atoms with E-state index in [1.165, 1.54) is 24.5 Å². The van der Waals surface area contributed by atoms with E-state index in [9.17, 15) is 13.2 Å². The van der Waals surface area contributed by atoms with Crippen molar-refractivity contribution in [2.75, 3.05) is 29.8 Å². The van der Waals surface area contributed by atoms with Gasteiger partial charge in [0, 0.05) is 6.07 Å². The molecule has 0 bridgehead atoms. The van der Waals surface area contributed by atoms with Gasteiger partial charge in [0.05, 0.1) is 35.3 Å². The molecule has 0 spiro atoms. The van der Waals surface area contributed by atoms with Crippen molar-refractivity contribution in [3.63, 3.8) is 0 Å². The molecule has 5 rings (SSSR count). The average molecular weight is 496 g/mol. The molecule has 0 aliphatic carbocycles. The van der Waals surface area contributed by atoms with Gasteiger partial charge >= 0.3 is 0 Å². The van der Waals surface area contributed by atoms with E-state index in [2.05, 4.69) is 25.3 Å². The fourth-order valence-electron chi connectivity index (χ4n) is 3.40. The van der Waals surface area contributed by atoms with Crippen LogP contribution in [0.3, 0.4) is 0 Å². The number of anilines is 2. The minimum absolute atomic E-state index is 0.0288. The summed E-state index contributed by atoms with van der Waals surface area (Å²) in [7, 11) is -4.06. The van der Waals surface area contributed by atoms with Crippen molar-refractivity contribution < 1.29 is 27.1 Å². The number of fused-ring (bicyclic) bond motifs is 2. The summed E-state index contributed by atoms with van der Waals surface area (Å²) in [6.45, 7) is 0.789. The van der Waals surface area contributed by atoms with Crippen molar-refractivity contribution in [1.29, 1.82) is 0 Å². The number of hydrogen-bond donors (Lipinski definition) is 3. The van der Waals surface area contributed by atoms with Crippen LogP contribution in [-0.2, 0) is 21.4 Å². The van der Waals surface area contributed by atoms with Crippen molar-refractivity contribution in [3.8, 4) is 11.5 Å². The first-order chi connectivity index (χ1) is 17.0. The molecule has 0 fully saturated rings. The number of rotatable bonds is 8. The summed E-state index contributed by atoms with van der Waals surface area (Å²) in [4.78, 5) is 21.2. The highest BCUT2D eigenvalue weighted by atomic mass is 32.2. The molecule has 2 aromatic carbocycles. The normalized spacial score (nSPS) is 12.8. The predicted molar refractivity (Wildman–Crippen MR) is 127 cm³/mol. The Balaban J connectivity index is 1.38. The maximum Gasteiger partial charge on any atom is 0.263 e. The number of nitrogens with zero attached hydrogens (tertiary/aromatic N) is 2. The van der Waals surface area contributed by atoms with Crippen LogP contribution in [0.1, 0.15) is 5.76 Å². The van der Waals surface area contributed by atoms with Crippen LogP contribution in [0.5, 0.6) is 11.5 Å². The van der Waals surface area contributed by atoms with Crippen molar-refractivity contribution in [2.24, 2.45) is 0 Å². The van der Waals surface area contributed by atoms with Crippen molar-refractivity contribution in [1.82, 2.24) is 15.3 Å². The van der Waals surface area contributed by atoms with Crippen LogP contribution < -0.4 is 24.8 Å². The van der Waals surface area contributed by atoms with Crippen molar-refractivity contribution in [3.05, 3.63) is 66.6 Å². The minimum atomic E-state index is -4.06. The second kappa shape index (κ2) is 9.50. The molecule has 1 aliphatic rings. The smallest absolute Gasteiger partial charge is 0.263 e. The van der Waals surface area contributed by atoms with E-state index in [0.29, 0.717) is 41.5 Å². The molecular weight excluding hydrogens is 474 g/mol. The van der Waals surface area contributed by atoms with Crippen LogP contribution >= 0.6 is 0 Å². The Labute approximate surface area is 200 Å². The van der Waals surface area contributed by atoms with E-state index in [0.717, 1.165) is 0 Å². The third-order valence-corrected chi connectivity index (χ3v) is 6.42. The van der Waals surface area contributed by atoms with Gasteiger partial charge in [-0.05, 0) is 36.4 Å². The quantitative estimate of drug-likeness (QED) is 0.336. The highest BCUT2D eigenvalue weighted by molar-refractivity contribution is 7.92. The molecule has 1 aliphatic heterocycles. The van der Waals surface area contributed by atoms with Crippen LogP contribution in [0.4, 0.5) is 11.6 Å². The third kappa shape index (κ3) is 5.11. The predicted octanol–water partition coefficient (Wildman–Crippen LogP) is 2.52. The number of hydrogen-bond acceptors (Lipinski definition) is 9. The van der Waals surface area contributed by atoms with Gasteiger partial charge in [-0.3, -0.25) is 9.52 Å². The van der Waals surface area contributed by atoms with Gasteiger partial charge in [0.25, 0.3) is 10.0 Å². The number of para-hydroxylation sites is 2. The van der Waals surface area contributed by atoms with Gasteiger partial charge in [0.2, 0.25) is 5.91 Å². The molecule has 0 saturated heterocycles. The van der Waals surface area contributed by atoms with Crippen LogP contribution in [0.15, 0.2) is 70.2 Å². The molecule has 35 heavy (non-hydrogen) atoms. The fourth-order valence-corrected chi connectivity index (χ4v) is 4.42. The van der Waals surface area contributed by atoms with Crippen LogP contribution in [0.25, 0.3) is 11.0 Å². The zero-order chi connectivity index (χ0) is 24.3. The Bertz CT molecular complexity index is 1470. The van der Waals surface area contributed by atoms with Crippen LogP contribution in [0.2, 0.25) is 0 Å². The molecule has 11 nitrogen and oxygen atoms in total. The number of benzene rings is 2. The minimum Gasteiger partial charge on any atom is -0.486 e. The van der Waals surface area contributed by atoms with E-state index in [4.69, 9.17) is 13.9 Å². The molecule has 0 atom stereocenters. The monoisotopic (exact) mass is 495 g/mol. The molecule has 12 heteroatoms. The zero-order valence-electron chi connectivity index (χ0n) is 18.4. The lowest BCUT2D eigenvalue weighted by atomic mass is 10.3. The number of amides is 1. The zero-order valence-corrected chi connectivity index (χ0v) is 19.2. The van der Waals surface area contributed by atoms with E-state index in [-0.39, 0.29) is 35.5 Å². The first-order valence-electron chi connectivity index (χ1n) is 10.7. The topological polar surface area (TPSA) is 145 Å². The lowest BCUT2D eigenvalue weighted by Gasteiger charge is -2.19. The first kappa shape index (κ1) is 22.5. The summed E-state index contributed by atoms with van der Waals surface area (Å²) in [5, 5.41) is 5.58. The van der Waals surface area contributed by atoms with E-state index in [1.807, 2.05) is 0 Å². The molecule has 0 radical (unpaired) electrons. The summed E-state index contributed by atoms with van der Waals surface area (Å²) < 4.78 is 44.9. The number of carbonyl (C=O) groups is 1. The maximum atomic E-state index is 13.2. The largest absolute Gasteiger partial charge is 0.486 e. The van der Waals surface area contributed by atoms with Gasteiger partial charge in [0.1, 0.15) is 19.0 Å². The highest BCUT2D eigenvalue weighted by Gasteiger charge is 2.22. The highest BCUT2D eigenvalue weighted by Crippen LogP contribution is 2.33. The summed E-state index contributed by atoms with van der Waals surface area (Å²) in [5.74, 6) is 1.16. The molecule has 1 amide bonds. The fraction of sp³-hybridized carbons (Fsp3) is 0.174. The lowest BCUT2D eigenvalue weighted by molar-refractivity contribution is -0.119. The summed E-state index contributed by atoms with van der Waals surface area (Å²) >= 11 is 0. The van der Waals surface area contributed by atoms with Gasteiger partial charge in [-0.1, -0.05) is 12.1 Å². The summed E-state index contributed by atoms with van der Waals surface area (Å²) in [6, 6.07) is 14.8. The lowest BCUT2D eigenvalue weighted by Crippen LogP contribution is -2.30. The molecule has 180 valence electrons. The Morgan fingerprint density at radius 3 is 2.40 bits per heavy atom. The average Bonchev–Trinajstić information content (AvgIpc) is 3.39. The Hall–Kier alpha value is -4.32. The second-order valence-electron chi connectivity index (χ2n) is 7.53. The summed E-state index contributed by atoms with van der Waals surface area (Å²) in [6.07, 6.45) is 1.52. The first-order valence-corrected chi connectivity index (χ1v) is 12.2. The number of ether oxygens (including phenoxy) is 2. The molecule has 3 heterocycles. The van der Waals surface area contributed by atoms with Gasteiger partial charge in [0.15, 0.2) is 23.1 Å². The van der Waals surface area contributed by atoms with E-state index in [1.54, 1.807) is 36.4 Å². The number of furan rings is 1. The molecule has 0 saturated carbocycles. The van der Waals surface area contributed by atoms with Gasteiger partial charge in [-0.25, -0.2) is 18.4 Å². The number of nitrogens with one attached hydrogen (secondary N) is 3. The van der Waals surface area contributed by atoms with Crippen LogP contribution in [-0.4, -0.2) is 44.1 Å². The van der Waals surface area contributed by atoms with E-state index < -0.39 is 10.0 Å². The van der Waals surface area contributed by atoms with E-state index >= 15 is 0 Å². The summed E-state index contributed by atoms with van der Waals surface area (Å²) in [5.41, 5.74) is 1.02. The molecular formula is C23H21N5O6S. The van der Waals surface area contributed by atoms with Crippen molar-refractivity contribution >= 4 is 38.6 Å². The standard InChI is InChI=1S/C23H21N5O6S/c29-21(24-13-15-4-3-9-32-15)14-25-22-23(27-18-6-2-1-5-17(18)26-22)28-35(30,31)16-7-8-19-20(12-16)34-11-10-33-19/h1-9,12H,10-11,13-14H2,(H,24,29)(H,25,26)(H,27,28). The number of aromatic nitrogens is 2. The van der Waals surface area contributed by atoms with Crippen molar-refractivity contribution in [2.45, 2.75) is 11.4 Å². The molecule has 0 unspecified atom stereocenters. The van der Waals surface area contributed by atoms with Crippen LogP contribution in [0, 0.1) is 0 Å². The van der Waals surface area contributed by atoms with Gasteiger partial charge in [-0.2, -0.15) is 0 Å². The number of carbonyl (C=O) groups excluding carboxylic acids is 1. The van der Waals surface area contributed by atoms with Gasteiger partial charge < -0.3 is 24.5 Å². The molecule has 4 aromatic rings.